The Bertz CT molecular complexity index is 432. The van der Waals surface area contributed by atoms with Crippen molar-refractivity contribution in [2.45, 2.75) is 18.9 Å². The first-order chi connectivity index (χ1) is 9.08. The van der Waals surface area contributed by atoms with Gasteiger partial charge in [-0.05, 0) is 18.8 Å². The predicted octanol–water partition coefficient (Wildman–Crippen LogP) is 1.09. The minimum atomic E-state index is -1.05. The summed E-state index contributed by atoms with van der Waals surface area (Å²) in [6.07, 6.45) is 2.13. The van der Waals surface area contributed by atoms with Crippen LogP contribution in [0.15, 0.2) is 5.38 Å². The Morgan fingerprint density at radius 3 is 3.00 bits per heavy atom. The zero-order valence-corrected chi connectivity index (χ0v) is 11.7. The highest BCUT2D eigenvalue weighted by Gasteiger charge is 2.21. The van der Waals surface area contributed by atoms with E-state index in [1.165, 1.54) is 11.3 Å². The van der Waals surface area contributed by atoms with Gasteiger partial charge in [-0.15, -0.1) is 11.3 Å². The van der Waals surface area contributed by atoms with Crippen LogP contribution in [0.4, 0.5) is 5.13 Å². The standard InChI is InChI=1S/C12H19N3O3S/c1-15(6-8-2-4-18-5-3-8)12-14-9(7-19-12)10(13)11(16)17/h7-8,10H,2-6,13H2,1H3,(H,16,17). The van der Waals surface area contributed by atoms with E-state index in [0.717, 1.165) is 37.7 Å². The second-order valence-corrected chi connectivity index (χ2v) is 5.64. The Kier molecular flexibility index (Phi) is 4.73. The van der Waals surface area contributed by atoms with Crippen LogP contribution in [0.3, 0.4) is 0 Å². The predicted molar refractivity (Wildman–Crippen MR) is 73.5 cm³/mol. The van der Waals surface area contributed by atoms with Crippen molar-refractivity contribution >= 4 is 22.4 Å². The monoisotopic (exact) mass is 285 g/mol. The van der Waals surface area contributed by atoms with Gasteiger partial charge in [-0.25, -0.2) is 4.98 Å². The molecule has 0 bridgehead atoms. The van der Waals surface area contributed by atoms with Crippen LogP contribution in [0.1, 0.15) is 24.6 Å². The van der Waals surface area contributed by atoms with Crippen LogP contribution in [-0.2, 0) is 9.53 Å². The van der Waals surface area contributed by atoms with Gasteiger partial charge in [-0.3, -0.25) is 4.79 Å². The summed E-state index contributed by atoms with van der Waals surface area (Å²) < 4.78 is 5.34. The van der Waals surface area contributed by atoms with E-state index in [0.29, 0.717) is 11.6 Å². The first-order valence-electron chi connectivity index (χ1n) is 6.30. The van der Waals surface area contributed by atoms with Crippen molar-refractivity contribution < 1.29 is 14.6 Å². The highest BCUT2D eigenvalue weighted by atomic mass is 32.1. The number of aromatic nitrogens is 1. The molecule has 0 aliphatic carbocycles. The van der Waals surface area contributed by atoms with E-state index in [1.807, 2.05) is 7.05 Å². The number of rotatable bonds is 5. The molecule has 0 spiro atoms. The Labute approximate surface area is 116 Å². The molecule has 7 heteroatoms. The largest absolute Gasteiger partial charge is 0.480 e. The maximum Gasteiger partial charge on any atom is 0.326 e. The van der Waals surface area contributed by atoms with Gasteiger partial charge >= 0.3 is 5.97 Å². The number of nitrogens with zero attached hydrogens (tertiary/aromatic N) is 2. The van der Waals surface area contributed by atoms with E-state index >= 15 is 0 Å². The normalized spacial score (nSPS) is 18.2. The van der Waals surface area contributed by atoms with Gasteiger partial charge in [-0.2, -0.15) is 0 Å². The number of carboxylic acid groups (broad SMARTS) is 1. The van der Waals surface area contributed by atoms with Crippen molar-refractivity contribution in [1.29, 1.82) is 0 Å². The van der Waals surface area contributed by atoms with E-state index in [1.54, 1.807) is 5.38 Å². The van der Waals surface area contributed by atoms with Gasteiger partial charge in [0, 0.05) is 32.2 Å². The molecule has 1 saturated heterocycles. The SMILES string of the molecule is CN(CC1CCOCC1)c1nc(C(N)C(=O)O)cs1. The van der Waals surface area contributed by atoms with Crippen molar-refractivity contribution in [3.05, 3.63) is 11.1 Å². The molecule has 1 fully saturated rings. The molecule has 2 rings (SSSR count). The molecular weight excluding hydrogens is 266 g/mol. The van der Waals surface area contributed by atoms with E-state index < -0.39 is 12.0 Å². The molecule has 106 valence electrons. The molecular formula is C12H19N3O3S. The number of hydrogen-bond acceptors (Lipinski definition) is 6. The second kappa shape index (κ2) is 6.31. The fourth-order valence-electron chi connectivity index (χ4n) is 2.12. The smallest absolute Gasteiger partial charge is 0.326 e. The minimum absolute atomic E-state index is 0.423. The van der Waals surface area contributed by atoms with Crippen LogP contribution in [0.2, 0.25) is 0 Å². The first-order valence-corrected chi connectivity index (χ1v) is 7.18. The van der Waals surface area contributed by atoms with Gasteiger partial charge < -0.3 is 20.5 Å². The van der Waals surface area contributed by atoms with Gasteiger partial charge in [-0.1, -0.05) is 0 Å². The summed E-state index contributed by atoms with van der Waals surface area (Å²) in [5, 5.41) is 11.4. The number of anilines is 1. The molecule has 1 aliphatic rings. The lowest BCUT2D eigenvalue weighted by Crippen LogP contribution is -2.29. The number of carboxylic acids is 1. The average molecular weight is 285 g/mol. The molecule has 1 atom stereocenters. The third-order valence-corrected chi connectivity index (χ3v) is 4.27. The number of thiazole rings is 1. The van der Waals surface area contributed by atoms with Gasteiger partial charge in [0.1, 0.15) is 6.04 Å². The summed E-state index contributed by atoms with van der Waals surface area (Å²) in [5.74, 6) is -0.442. The fourth-order valence-corrected chi connectivity index (χ4v) is 2.95. The average Bonchev–Trinajstić information content (AvgIpc) is 2.88. The number of nitrogens with two attached hydrogens (primary N) is 1. The lowest BCUT2D eigenvalue weighted by atomic mass is 10.0. The zero-order valence-electron chi connectivity index (χ0n) is 10.9. The van der Waals surface area contributed by atoms with Crippen molar-refractivity contribution in [1.82, 2.24) is 4.98 Å². The molecule has 0 amide bonds. The van der Waals surface area contributed by atoms with Crippen LogP contribution in [0.5, 0.6) is 0 Å². The second-order valence-electron chi connectivity index (χ2n) is 4.81. The topological polar surface area (TPSA) is 88.7 Å². The molecule has 6 nitrogen and oxygen atoms in total. The molecule has 1 aromatic heterocycles. The molecule has 19 heavy (non-hydrogen) atoms. The molecule has 1 aromatic rings. The van der Waals surface area contributed by atoms with Crippen LogP contribution in [0.25, 0.3) is 0 Å². The van der Waals surface area contributed by atoms with Crippen molar-refractivity contribution in [3.8, 4) is 0 Å². The fraction of sp³-hybridized carbons (Fsp3) is 0.667. The van der Waals surface area contributed by atoms with E-state index in [4.69, 9.17) is 15.6 Å². The third kappa shape index (κ3) is 3.65. The number of hydrogen-bond donors (Lipinski definition) is 2. The molecule has 0 aromatic carbocycles. The van der Waals surface area contributed by atoms with Gasteiger partial charge in [0.05, 0.1) is 5.69 Å². The van der Waals surface area contributed by atoms with Crippen molar-refractivity contribution in [2.24, 2.45) is 11.7 Å². The molecule has 1 aliphatic heterocycles. The Morgan fingerprint density at radius 1 is 1.68 bits per heavy atom. The quantitative estimate of drug-likeness (QED) is 0.842. The van der Waals surface area contributed by atoms with E-state index in [9.17, 15) is 4.79 Å². The van der Waals surface area contributed by atoms with Crippen LogP contribution in [0, 0.1) is 5.92 Å². The summed E-state index contributed by atoms with van der Waals surface area (Å²) in [5.41, 5.74) is 5.97. The van der Waals surface area contributed by atoms with Crippen LogP contribution >= 0.6 is 11.3 Å². The minimum Gasteiger partial charge on any atom is -0.480 e. The highest BCUT2D eigenvalue weighted by molar-refractivity contribution is 7.13. The molecule has 0 radical (unpaired) electrons. The maximum absolute atomic E-state index is 10.8. The molecule has 2 heterocycles. The lowest BCUT2D eigenvalue weighted by molar-refractivity contribution is -0.138. The van der Waals surface area contributed by atoms with Crippen LogP contribution in [-0.4, -0.2) is 42.9 Å². The third-order valence-electron chi connectivity index (χ3n) is 3.29. The maximum atomic E-state index is 10.8. The lowest BCUT2D eigenvalue weighted by Gasteiger charge is -2.26. The van der Waals surface area contributed by atoms with Crippen LogP contribution < -0.4 is 10.6 Å². The number of aliphatic carboxylic acids is 1. The number of carbonyl (C=O) groups is 1. The summed E-state index contributed by atoms with van der Waals surface area (Å²) in [7, 11) is 1.98. The Hall–Kier alpha value is -1.18. The van der Waals surface area contributed by atoms with Gasteiger partial charge in [0.15, 0.2) is 5.13 Å². The zero-order chi connectivity index (χ0) is 13.8. The van der Waals surface area contributed by atoms with Gasteiger partial charge in [0.2, 0.25) is 0 Å². The summed E-state index contributed by atoms with van der Waals surface area (Å²) in [6, 6.07) is -1.04. The highest BCUT2D eigenvalue weighted by Crippen LogP contribution is 2.25. The summed E-state index contributed by atoms with van der Waals surface area (Å²) in [4.78, 5) is 17.2. The van der Waals surface area contributed by atoms with E-state index in [2.05, 4.69) is 9.88 Å². The van der Waals surface area contributed by atoms with Gasteiger partial charge in [0.25, 0.3) is 0 Å². The molecule has 3 N–H and O–H groups in total. The first kappa shape index (κ1) is 14.2. The molecule has 1 unspecified atom stereocenters. The number of ether oxygens (including phenoxy) is 1. The molecule has 0 saturated carbocycles. The Morgan fingerprint density at radius 2 is 2.37 bits per heavy atom. The summed E-state index contributed by atoms with van der Waals surface area (Å²) in [6.45, 7) is 2.57. The Balaban J connectivity index is 1.95. The summed E-state index contributed by atoms with van der Waals surface area (Å²) >= 11 is 1.43. The van der Waals surface area contributed by atoms with Crippen molar-refractivity contribution in [3.63, 3.8) is 0 Å². The van der Waals surface area contributed by atoms with Crippen molar-refractivity contribution in [2.75, 3.05) is 31.7 Å². The van der Waals surface area contributed by atoms with E-state index in [-0.39, 0.29) is 0 Å².